The summed E-state index contributed by atoms with van der Waals surface area (Å²) in [5, 5.41) is 6.14. The summed E-state index contributed by atoms with van der Waals surface area (Å²) < 4.78 is 33.6. The topological polar surface area (TPSA) is 73.2 Å². The Labute approximate surface area is 122 Å². The molecule has 20 heavy (non-hydrogen) atoms. The molecule has 6 nitrogen and oxygen atoms in total. The van der Waals surface area contributed by atoms with Crippen LogP contribution in [0.4, 0.5) is 0 Å². The largest absolute Gasteiger partial charge is 0.385 e. The number of methoxy groups -OCH3 is 1. The lowest BCUT2D eigenvalue weighted by Crippen LogP contribution is -2.25. The summed E-state index contributed by atoms with van der Waals surface area (Å²) in [7, 11) is -0.262. The normalized spacial score (nSPS) is 11.9. The van der Waals surface area contributed by atoms with Crippen molar-refractivity contribution in [3.8, 4) is 10.6 Å². The minimum absolute atomic E-state index is 0.208. The van der Waals surface area contributed by atoms with Crippen molar-refractivity contribution < 1.29 is 13.2 Å². The van der Waals surface area contributed by atoms with Gasteiger partial charge in [0.15, 0.2) is 0 Å². The number of hydrogen-bond acceptors (Lipinski definition) is 5. The maximum Gasteiger partial charge on any atom is 0.244 e. The predicted octanol–water partition coefficient (Wildman–Crippen LogP) is 1.46. The zero-order valence-corrected chi connectivity index (χ0v) is 13.0. The van der Waals surface area contributed by atoms with E-state index in [1.54, 1.807) is 14.2 Å². The number of hydrogen-bond donors (Lipinski definition) is 1. The molecule has 0 aliphatic carbocycles. The third kappa shape index (κ3) is 3.45. The maximum absolute atomic E-state index is 12.3. The van der Waals surface area contributed by atoms with Crippen LogP contribution in [0.1, 0.15) is 6.42 Å². The lowest BCUT2D eigenvalue weighted by Gasteiger charge is -2.05. The summed E-state index contributed by atoms with van der Waals surface area (Å²) in [6.07, 6.45) is 2.15. The molecule has 0 unspecified atom stereocenters. The van der Waals surface area contributed by atoms with Gasteiger partial charge in [-0.05, 0) is 17.9 Å². The first-order chi connectivity index (χ1) is 9.54. The zero-order chi connectivity index (χ0) is 14.6. The number of thiophene rings is 1. The average molecular weight is 315 g/mol. The van der Waals surface area contributed by atoms with Crippen LogP contribution in [0, 0.1) is 0 Å². The second kappa shape index (κ2) is 6.49. The van der Waals surface area contributed by atoms with Crippen LogP contribution in [0.5, 0.6) is 0 Å². The first-order valence-corrected chi connectivity index (χ1v) is 8.47. The fraction of sp³-hybridized carbons (Fsp3) is 0.417. The number of aromatic nitrogens is 2. The number of ether oxygens (including phenoxy) is 1. The Morgan fingerprint density at radius 2 is 2.30 bits per heavy atom. The summed E-state index contributed by atoms with van der Waals surface area (Å²) in [6.45, 7) is 0.863. The number of nitrogens with one attached hydrogen (secondary N) is 1. The molecule has 0 saturated heterocycles. The van der Waals surface area contributed by atoms with Crippen LogP contribution in [0.15, 0.2) is 28.6 Å². The molecule has 2 aromatic heterocycles. The van der Waals surface area contributed by atoms with Gasteiger partial charge in [-0.1, -0.05) is 6.07 Å². The van der Waals surface area contributed by atoms with Crippen molar-refractivity contribution in [1.82, 2.24) is 14.5 Å². The van der Waals surface area contributed by atoms with Crippen LogP contribution in [0.2, 0.25) is 0 Å². The van der Waals surface area contributed by atoms with Crippen molar-refractivity contribution >= 4 is 21.4 Å². The van der Waals surface area contributed by atoms with Gasteiger partial charge in [0.1, 0.15) is 10.6 Å². The molecule has 2 aromatic rings. The summed E-state index contributed by atoms with van der Waals surface area (Å²) in [5.41, 5.74) is 0.488. The van der Waals surface area contributed by atoms with Crippen LogP contribution in [-0.4, -0.2) is 38.5 Å². The first kappa shape index (κ1) is 15.2. The predicted molar refractivity (Wildman–Crippen MR) is 78.2 cm³/mol. The van der Waals surface area contributed by atoms with Crippen molar-refractivity contribution in [3.63, 3.8) is 0 Å². The van der Waals surface area contributed by atoms with E-state index in [0.717, 1.165) is 4.88 Å². The summed E-state index contributed by atoms with van der Waals surface area (Å²) >= 11 is 1.46. The van der Waals surface area contributed by atoms with Gasteiger partial charge in [0.05, 0.1) is 4.88 Å². The van der Waals surface area contributed by atoms with Crippen LogP contribution in [0.3, 0.4) is 0 Å². The molecule has 2 rings (SSSR count). The van der Waals surface area contributed by atoms with E-state index in [0.29, 0.717) is 25.3 Å². The molecule has 0 amide bonds. The third-order valence-corrected chi connectivity index (χ3v) is 5.00. The van der Waals surface area contributed by atoms with E-state index in [-0.39, 0.29) is 4.90 Å². The van der Waals surface area contributed by atoms with Gasteiger partial charge >= 0.3 is 0 Å². The van der Waals surface area contributed by atoms with Gasteiger partial charge in [-0.15, -0.1) is 11.3 Å². The molecule has 0 aliphatic rings. The van der Waals surface area contributed by atoms with E-state index in [4.69, 9.17) is 4.74 Å². The summed E-state index contributed by atoms with van der Waals surface area (Å²) in [4.78, 5) is 1.04. The highest BCUT2D eigenvalue weighted by atomic mass is 32.2. The Morgan fingerprint density at radius 3 is 2.95 bits per heavy atom. The van der Waals surface area contributed by atoms with Crippen LogP contribution >= 0.6 is 11.3 Å². The van der Waals surface area contributed by atoms with Gasteiger partial charge in [0.25, 0.3) is 0 Å². The second-order valence-corrected chi connectivity index (χ2v) is 6.92. The molecular formula is C12H17N3O3S2. The monoisotopic (exact) mass is 315 g/mol. The standard InChI is InChI=1S/C12H17N3O3S2/c1-15-9-11(12(14-15)10-5-3-8-19-10)20(16,17)13-6-4-7-18-2/h3,5,8-9,13H,4,6-7H2,1-2H3. The van der Waals surface area contributed by atoms with Gasteiger partial charge in [0.2, 0.25) is 10.0 Å². The van der Waals surface area contributed by atoms with Gasteiger partial charge in [0, 0.05) is 33.5 Å². The molecule has 0 atom stereocenters. The van der Waals surface area contributed by atoms with Gasteiger partial charge < -0.3 is 4.74 Å². The number of nitrogens with zero attached hydrogens (tertiary/aromatic N) is 2. The minimum atomic E-state index is -3.56. The van der Waals surface area contributed by atoms with E-state index >= 15 is 0 Å². The second-order valence-electron chi connectivity index (χ2n) is 4.24. The van der Waals surface area contributed by atoms with Crippen molar-refractivity contribution in [2.75, 3.05) is 20.3 Å². The quantitative estimate of drug-likeness (QED) is 0.785. The average Bonchev–Trinajstić information content (AvgIpc) is 3.03. The molecule has 0 spiro atoms. The Balaban J connectivity index is 2.23. The van der Waals surface area contributed by atoms with Crippen LogP contribution in [0.25, 0.3) is 10.6 Å². The molecular weight excluding hydrogens is 298 g/mol. The molecule has 0 saturated carbocycles. The highest BCUT2D eigenvalue weighted by molar-refractivity contribution is 7.89. The van der Waals surface area contributed by atoms with Crippen molar-refractivity contribution in [2.24, 2.45) is 7.05 Å². The van der Waals surface area contributed by atoms with E-state index in [1.807, 2.05) is 17.5 Å². The van der Waals surface area contributed by atoms with Gasteiger partial charge in [-0.25, -0.2) is 13.1 Å². The summed E-state index contributed by atoms with van der Waals surface area (Å²) in [5.74, 6) is 0. The lowest BCUT2D eigenvalue weighted by atomic mass is 10.3. The fourth-order valence-electron chi connectivity index (χ4n) is 1.75. The Hall–Kier alpha value is -1.22. The Bertz CT molecular complexity index is 648. The van der Waals surface area contributed by atoms with Crippen molar-refractivity contribution in [3.05, 3.63) is 23.7 Å². The molecule has 8 heteroatoms. The highest BCUT2D eigenvalue weighted by Crippen LogP contribution is 2.29. The minimum Gasteiger partial charge on any atom is -0.385 e. The molecule has 0 bridgehead atoms. The molecule has 1 N–H and O–H groups in total. The smallest absolute Gasteiger partial charge is 0.244 e. The number of rotatable bonds is 7. The fourth-order valence-corrected chi connectivity index (χ4v) is 3.80. The molecule has 0 radical (unpaired) electrons. The van der Waals surface area contributed by atoms with E-state index < -0.39 is 10.0 Å². The van der Waals surface area contributed by atoms with Crippen LogP contribution < -0.4 is 4.72 Å². The Kier molecular flexibility index (Phi) is 4.92. The van der Waals surface area contributed by atoms with E-state index in [2.05, 4.69) is 9.82 Å². The van der Waals surface area contributed by atoms with Crippen molar-refractivity contribution in [2.45, 2.75) is 11.3 Å². The van der Waals surface area contributed by atoms with Crippen molar-refractivity contribution in [1.29, 1.82) is 0 Å². The molecule has 0 aromatic carbocycles. The molecule has 0 fully saturated rings. The molecule has 110 valence electrons. The lowest BCUT2D eigenvalue weighted by molar-refractivity contribution is 0.196. The van der Waals surface area contributed by atoms with E-state index in [1.165, 1.54) is 22.2 Å². The molecule has 2 heterocycles. The number of aryl methyl sites for hydroxylation is 1. The highest BCUT2D eigenvalue weighted by Gasteiger charge is 2.23. The SMILES string of the molecule is COCCCNS(=O)(=O)c1cn(C)nc1-c1cccs1. The summed E-state index contributed by atoms with van der Waals surface area (Å²) in [6, 6.07) is 3.73. The van der Waals surface area contributed by atoms with Crippen LogP contribution in [-0.2, 0) is 21.8 Å². The van der Waals surface area contributed by atoms with Gasteiger partial charge in [-0.3, -0.25) is 4.68 Å². The maximum atomic E-state index is 12.3. The number of sulfonamides is 1. The molecule has 0 aliphatic heterocycles. The first-order valence-electron chi connectivity index (χ1n) is 6.10. The third-order valence-electron chi connectivity index (χ3n) is 2.66. The Morgan fingerprint density at radius 1 is 1.50 bits per heavy atom. The van der Waals surface area contributed by atoms with Gasteiger partial charge in [-0.2, -0.15) is 5.10 Å². The zero-order valence-electron chi connectivity index (χ0n) is 11.4. The van der Waals surface area contributed by atoms with E-state index in [9.17, 15) is 8.42 Å².